The maximum atomic E-state index is 12.3. The molecule has 104 valence electrons. The highest BCUT2D eigenvalue weighted by molar-refractivity contribution is 7.10. The molecular formula is C16H17NO2S. The standard InChI is InChI=1S/C16H17NO2S/c18-16(13-8-4-10-19-13)17-15(14-9-5-11-20-14)12-6-2-1-3-7-12/h1-3,5-7,9,11,13,15H,4,8,10H2,(H,17,18)/t13-,15+/m0/s1. The number of carbonyl (C=O) groups is 1. The van der Waals surface area contributed by atoms with Crippen LogP contribution in [0, 0.1) is 0 Å². The Morgan fingerprint density at radius 3 is 2.75 bits per heavy atom. The lowest BCUT2D eigenvalue weighted by molar-refractivity contribution is -0.130. The van der Waals surface area contributed by atoms with E-state index in [2.05, 4.69) is 11.4 Å². The topological polar surface area (TPSA) is 38.3 Å². The van der Waals surface area contributed by atoms with Crippen LogP contribution in [-0.4, -0.2) is 18.6 Å². The van der Waals surface area contributed by atoms with Crippen molar-refractivity contribution in [3.05, 3.63) is 58.3 Å². The first-order valence-corrected chi connectivity index (χ1v) is 7.73. The Morgan fingerprint density at radius 1 is 1.25 bits per heavy atom. The molecule has 20 heavy (non-hydrogen) atoms. The normalized spacial score (nSPS) is 19.7. The number of thiophene rings is 1. The fourth-order valence-corrected chi connectivity index (χ4v) is 3.24. The van der Waals surface area contributed by atoms with Gasteiger partial charge in [0.1, 0.15) is 6.10 Å². The van der Waals surface area contributed by atoms with Gasteiger partial charge in [0.25, 0.3) is 0 Å². The van der Waals surface area contributed by atoms with Gasteiger partial charge in [-0.05, 0) is 29.9 Å². The summed E-state index contributed by atoms with van der Waals surface area (Å²) in [5, 5.41) is 5.16. The van der Waals surface area contributed by atoms with Crippen LogP contribution in [0.5, 0.6) is 0 Å². The Kier molecular flexibility index (Phi) is 4.14. The van der Waals surface area contributed by atoms with E-state index in [0.29, 0.717) is 6.61 Å². The van der Waals surface area contributed by atoms with Crippen LogP contribution in [0.1, 0.15) is 29.3 Å². The van der Waals surface area contributed by atoms with E-state index in [9.17, 15) is 4.79 Å². The van der Waals surface area contributed by atoms with Crippen molar-refractivity contribution >= 4 is 17.2 Å². The zero-order valence-corrected chi connectivity index (χ0v) is 11.9. The molecule has 1 aromatic heterocycles. The lowest BCUT2D eigenvalue weighted by atomic mass is 10.0. The number of rotatable bonds is 4. The third-order valence-electron chi connectivity index (χ3n) is 3.47. The largest absolute Gasteiger partial charge is 0.368 e. The number of hydrogen-bond acceptors (Lipinski definition) is 3. The number of benzene rings is 1. The molecule has 0 unspecified atom stereocenters. The predicted molar refractivity (Wildman–Crippen MR) is 79.7 cm³/mol. The predicted octanol–water partition coefficient (Wildman–Crippen LogP) is 3.13. The van der Waals surface area contributed by atoms with Gasteiger partial charge in [0.2, 0.25) is 5.91 Å². The van der Waals surface area contributed by atoms with Crippen LogP contribution in [0.15, 0.2) is 47.8 Å². The van der Waals surface area contributed by atoms with E-state index in [-0.39, 0.29) is 18.1 Å². The molecule has 2 heterocycles. The summed E-state index contributed by atoms with van der Waals surface area (Å²) in [5.74, 6) is -0.00949. The molecule has 1 amide bonds. The molecule has 1 fully saturated rings. The average Bonchev–Trinajstić information content (AvgIpc) is 3.18. The van der Waals surface area contributed by atoms with E-state index in [1.165, 1.54) is 0 Å². The van der Waals surface area contributed by atoms with Crippen molar-refractivity contribution in [1.82, 2.24) is 5.32 Å². The molecule has 1 aliphatic rings. The second kappa shape index (κ2) is 6.20. The van der Waals surface area contributed by atoms with Gasteiger partial charge in [-0.1, -0.05) is 36.4 Å². The highest BCUT2D eigenvalue weighted by atomic mass is 32.1. The zero-order chi connectivity index (χ0) is 13.8. The van der Waals surface area contributed by atoms with Crippen LogP contribution in [0.3, 0.4) is 0 Å². The molecule has 3 rings (SSSR count). The number of ether oxygens (including phenoxy) is 1. The Labute approximate surface area is 122 Å². The Bertz CT molecular complexity index is 547. The van der Waals surface area contributed by atoms with Crippen molar-refractivity contribution in [2.75, 3.05) is 6.61 Å². The number of hydrogen-bond donors (Lipinski definition) is 1. The fraction of sp³-hybridized carbons (Fsp3) is 0.312. The van der Waals surface area contributed by atoms with E-state index in [0.717, 1.165) is 23.3 Å². The summed E-state index contributed by atoms with van der Waals surface area (Å²) in [6, 6.07) is 14.0. The second-order valence-electron chi connectivity index (χ2n) is 4.87. The molecule has 4 heteroatoms. The van der Waals surface area contributed by atoms with Gasteiger partial charge in [0.15, 0.2) is 0 Å². The van der Waals surface area contributed by atoms with Crippen LogP contribution in [0.2, 0.25) is 0 Å². The second-order valence-corrected chi connectivity index (χ2v) is 5.85. The Morgan fingerprint density at radius 2 is 2.10 bits per heavy atom. The van der Waals surface area contributed by atoms with Crippen LogP contribution in [-0.2, 0) is 9.53 Å². The maximum absolute atomic E-state index is 12.3. The van der Waals surface area contributed by atoms with Crippen LogP contribution in [0.4, 0.5) is 0 Å². The first kappa shape index (κ1) is 13.3. The summed E-state index contributed by atoms with van der Waals surface area (Å²) >= 11 is 1.65. The molecule has 1 saturated heterocycles. The molecule has 0 radical (unpaired) electrons. The van der Waals surface area contributed by atoms with Gasteiger partial charge in [0, 0.05) is 11.5 Å². The molecular weight excluding hydrogens is 270 g/mol. The molecule has 1 aromatic carbocycles. The number of amides is 1. The van der Waals surface area contributed by atoms with Gasteiger partial charge < -0.3 is 10.1 Å². The van der Waals surface area contributed by atoms with Crippen LogP contribution >= 0.6 is 11.3 Å². The van der Waals surface area contributed by atoms with E-state index in [4.69, 9.17) is 4.74 Å². The maximum Gasteiger partial charge on any atom is 0.249 e. The zero-order valence-electron chi connectivity index (χ0n) is 11.1. The summed E-state index contributed by atoms with van der Waals surface area (Å²) < 4.78 is 5.46. The molecule has 1 aliphatic heterocycles. The SMILES string of the molecule is O=C(N[C@H](c1ccccc1)c1cccs1)[C@@H]1CCCO1. The van der Waals surface area contributed by atoms with Crippen molar-refractivity contribution in [3.8, 4) is 0 Å². The van der Waals surface area contributed by atoms with Crippen molar-refractivity contribution in [2.45, 2.75) is 25.0 Å². The molecule has 0 saturated carbocycles. The number of carbonyl (C=O) groups excluding carboxylic acids is 1. The highest BCUT2D eigenvalue weighted by Crippen LogP contribution is 2.26. The van der Waals surface area contributed by atoms with E-state index < -0.39 is 0 Å². The minimum absolute atomic E-state index is 0.00949. The van der Waals surface area contributed by atoms with Crippen molar-refractivity contribution in [3.63, 3.8) is 0 Å². The third-order valence-corrected chi connectivity index (χ3v) is 4.41. The highest BCUT2D eigenvalue weighted by Gasteiger charge is 2.27. The first-order chi connectivity index (χ1) is 9.84. The van der Waals surface area contributed by atoms with Crippen molar-refractivity contribution < 1.29 is 9.53 Å². The van der Waals surface area contributed by atoms with Crippen molar-refractivity contribution in [1.29, 1.82) is 0 Å². The van der Waals surface area contributed by atoms with Crippen LogP contribution in [0.25, 0.3) is 0 Å². The molecule has 2 aromatic rings. The molecule has 0 spiro atoms. The number of nitrogens with one attached hydrogen (secondary N) is 1. The van der Waals surface area contributed by atoms with Gasteiger partial charge in [0.05, 0.1) is 6.04 Å². The Hall–Kier alpha value is -1.65. The third kappa shape index (κ3) is 2.92. The van der Waals surface area contributed by atoms with Crippen molar-refractivity contribution in [2.24, 2.45) is 0 Å². The first-order valence-electron chi connectivity index (χ1n) is 6.85. The quantitative estimate of drug-likeness (QED) is 0.938. The smallest absolute Gasteiger partial charge is 0.249 e. The molecule has 3 nitrogen and oxygen atoms in total. The summed E-state index contributed by atoms with van der Waals surface area (Å²) in [4.78, 5) is 13.4. The minimum Gasteiger partial charge on any atom is -0.368 e. The van der Waals surface area contributed by atoms with Gasteiger partial charge in [-0.15, -0.1) is 11.3 Å². The fourth-order valence-electron chi connectivity index (χ4n) is 2.44. The van der Waals surface area contributed by atoms with E-state index >= 15 is 0 Å². The summed E-state index contributed by atoms with van der Waals surface area (Å²) in [6.07, 6.45) is 1.49. The molecule has 1 N–H and O–H groups in total. The van der Waals surface area contributed by atoms with E-state index in [1.54, 1.807) is 11.3 Å². The van der Waals surface area contributed by atoms with E-state index in [1.807, 2.05) is 41.8 Å². The lowest BCUT2D eigenvalue weighted by Gasteiger charge is -2.20. The summed E-state index contributed by atoms with van der Waals surface area (Å²) in [5.41, 5.74) is 1.10. The monoisotopic (exact) mass is 287 g/mol. The van der Waals surface area contributed by atoms with Crippen LogP contribution < -0.4 is 5.32 Å². The lowest BCUT2D eigenvalue weighted by Crippen LogP contribution is -2.37. The van der Waals surface area contributed by atoms with Gasteiger partial charge >= 0.3 is 0 Å². The molecule has 0 bridgehead atoms. The summed E-state index contributed by atoms with van der Waals surface area (Å²) in [7, 11) is 0. The van der Waals surface area contributed by atoms with Gasteiger partial charge in [-0.25, -0.2) is 0 Å². The average molecular weight is 287 g/mol. The Balaban J connectivity index is 1.81. The molecule has 2 atom stereocenters. The molecule has 0 aliphatic carbocycles. The minimum atomic E-state index is -0.291. The van der Waals surface area contributed by atoms with Gasteiger partial charge in [-0.3, -0.25) is 4.79 Å². The van der Waals surface area contributed by atoms with Gasteiger partial charge in [-0.2, -0.15) is 0 Å². The summed E-state index contributed by atoms with van der Waals surface area (Å²) in [6.45, 7) is 0.688.